The maximum Gasteiger partial charge on any atom is 0.345 e. The molecule has 0 aliphatic heterocycles. The first-order valence-corrected chi connectivity index (χ1v) is 14.9. The zero-order valence-corrected chi connectivity index (χ0v) is 27.1. The molecule has 4 aromatic rings. The van der Waals surface area contributed by atoms with Crippen molar-refractivity contribution in [3.8, 4) is 5.75 Å². The molecule has 268 valence electrons. The van der Waals surface area contributed by atoms with Gasteiger partial charge >= 0.3 is 11.9 Å². The van der Waals surface area contributed by atoms with Gasteiger partial charge in [-0.1, -0.05) is 24.3 Å². The highest BCUT2D eigenvalue weighted by molar-refractivity contribution is 6.24. The van der Waals surface area contributed by atoms with E-state index in [2.05, 4.69) is 9.73 Å². The quantitative estimate of drug-likeness (QED) is 0.0184. The fourth-order valence-corrected chi connectivity index (χ4v) is 4.18. The molecule has 2 N–H and O–H groups in total. The van der Waals surface area contributed by atoms with E-state index in [4.69, 9.17) is 9.47 Å². The largest absolute Gasteiger partial charge is 0.506 e. The molecule has 0 fully saturated rings. The summed E-state index contributed by atoms with van der Waals surface area (Å²) in [5, 5.41) is 22.0. The standard InChI is InChI=1S/C22H16F3NO4.C14H13F3O4/c1-2-30-22(29)16(21(28)15-9-14(23)10-17(24)20(15)25)11-26-18-7-12-5-3-4-6-13(12)8-19(18)27;1-3-20-7-10(14(19)21-4-2)13(18)9-5-8(15)6-11(16)12(9)17/h3-11,27-28H,2H2,1H3;5-7H,3-4H2,1-2H3/b;10-7-. The third-order valence-corrected chi connectivity index (χ3v) is 6.52. The van der Waals surface area contributed by atoms with Gasteiger partial charge in [-0.15, -0.1) is 0 Å². The van der Waals surface area contributed by atoms with Crippen LogP contribution in [-0.2, 0) is 23.8 Å². The molecule has 0 spiro atoms. The maximum absolute atomic E-state index is 14.1. The second-order valence-corrected chi connectivity index (χ2v) is 9.96. The van der Waals surface area contributed by atoms with Crippen molar-refractivity contribution in [3.63, 3.8) is 0 Å². The van der Waals surface area contributed by atoms with E-state index < -0.39 is 80.7 Å². The summed E-state index contributed by atoms with van der Waals surface area (Å²) in [7, 11) is 0. The first kappa shape index (κ1) is 39.3. The monoisotopic (exact) mass is 717 g/mol. The van der Waals surface area contributed by atoms with E-state index in [1.54, 1.807) is 31.2 Å². The van der Waals surface area contributed by atoms with Gasteiger partial charge in [0.1, 0.15) is 46.2 Å². The number of carbonyl (C=O) groups excluding carboxylic acids is 3. The fourth-order valence-electron chi connectivity index (χ4n) is 4.18. The van der Waals surface area contributed by atoms with Gasteiger partial charge in [-0.2, -0.15) is 0 Å². The predicted molar refractivity (Wildman–Crippen MR) is 173 cm³/mol. The Hall–Kier alpha value is -6.12. The number of aliphatic hydroxyl groups excluding tert-OH is 1. The predicted octanol–water partition coefficient (Wildman–Crippen LogP) is 7.97. The van der Waals surface area contributed by atoms with Crippen molar-refractivity contribution in [1.29, 1.82) is 0 Å². The normalized spacial score (nSPS) is 11.8. The minimum absolute atomic E-state index is 0.0322. The summed E-state index contributed by atoms with van der Waals surface area (Å²) >= 11 is 0. The van der Waals surface area contributed by atoms with Crippen molar-refractivity contribution in [2.24, 2.45) is 4.99 Å². The van der Waals surface area contributed by atoms with Gasteiger partial charge in [-0.3, -0.25) is 9.79 Å². The molecule has 0 heterocycles. The summed E-state index contributed by atoms with van der Waals surface area (Å²) in [6.07, 6.45) is 1.61. The number of hydrogen-bond acceptors (Lipinski definition) is 9. The molecule has 0 aliphatic rings. The molecule has 0 saturated heterocycles. The molecule has 0 unspecified atom stereocenters. The van der Waals surface area contributed by atoms with Crippen LogP contribution < -0.4 is 0 Å². The Morgan fingerprint density at radius 3 is 1.82 bits per heavy atom. The molecule has 0 aromatic heterocycles. The summed E-state index contributed by atoms with van der Waals surface area (Å²) in [6.45, 7) is 4.62. The van der Waals surface area contributed by atoms with Crippen LogP contribution in [0.15, 0.2) is 83.1 Å². The summed E-state index contributed by atoms with van der Waals surface area (Å²) in [6, 6.07) is 11.7. The number of rotatable bonds is 11. The van der Waals surface area contributed by atoms with Crippen LogP contribution in [0.2, 0.25) is 0 Å². The summed E-state index contributed by atoms with van der Waals surface area (Å²) in [5.41, 5.74) is -3.03. The van der Waals surface area contributed by atoms with Gasteiger partial charge < -0.3 is 24.4 Å². The minimum Gasteiger partial charge on any atom is -0.506 e. The van der Waals surface area contributed by atoms with Crippen molar-refractivity contribution < 1.29 is 65.1 Å². The van der Waals surface area contributed by atoms with Crippen LogP contribution in [-0.4, -0.2) is 54.0 Å². The topological polar surface area (TPSA) is 132 Å². The zero-order valence-electron chi connectivity index (χ0n) is 27.1. The highest BCUT2D eigenvalue weighted by Crippen LogP contribution is 2.32. The van der Waals surface area contributed by atoms with Crippen LogP contribution in [0.25, 0.3) is 16.5 Å². The van der Waals surface area contributed by atoms with E-state index in [1.165, 1.54) is 26.0 Å². The Morgan fingerprint density at radius 1 is 0.725 bits per heavy atom. The number of hydrogen-bond donors (Lipinski definition) is 2. The molecule has 0 saturated carbocycles. The second-order valence-electron chi connectivity index (χ2n) is 9.96. The van der Waals surface area contributed by atoms with Crippen molar-refractivity contribution >= 4 is 46.2 Å². The van der Waals surface area contributed by atoms with Crippen molar-refractivity contribution in [1.82, 2.24) is 0 Å². The average Bonchev–Trinajstić information content (AvgIpc) is 3.08. The van der Waals surface area contributed by atoms with Gasteiger partial charge in [0.2, 0.25) is 5.78 Å². The van der Waals surface area contributed by atoms with E-state index >= 15 is 0 Å². The number of aliphatic imine (C=N–C) groups is 1. The highest BCUT2D eigenvalue weighted by atomic mass is 19.2. The first-order valence-electron chi connectivity index (χ1n) is 14.9. The van der Waals surface area contributed by atoms with Crippen LogP contribution in [0.5, 0.6) is 5.75 Å². The number of Topliss-reactive ketones (excluding diaryl/α,β-unsaturated/α-hetero) is 1. The van der Waals surface area contributed by atoms with Crippen molar-refractivity contribution in [3.05, 3.63) is 124 Å². The van der Waals surface area contributed by atoms with Crippen LogP contribution >= 0.6 is 0 Å². The molecule has 4 rings (SSSR count). The van der Waals surface area contributed by atoms with E-state index in [-0.39, 0.29) is 31.3 Å². The number of carbonyl (C=O) groups is 3. The van der Waals surface area contributed by atoms with Crippen molar-refractivity contribution in [2.75, 3.05) is 19.8 Å². The van der Waals surface area contributed by atoms with Crippen LogP contribution in [0.3, 0.4) is 0 Å². The molecule has 51 heavy (non-hydrogen) atoms. The first-order chi connectivity index (χ1) is 24.2. The number of esters is 2. The van der Waals surface area contributed by atoms with Crippen LogP contribution in [0, 0.1) is 34.9 Å². The summed E-state index contributed by atoms with van der Waals surface area (Å²) in [4.78, 5) is 39.9. The third-order valence-electron chi connectivity index (χ3n) is 6.52. The smallest absolute Gasteiger partial charge is 0.345 e. The van der Waals surface area contributed by atoms with Gasteiger partial charge in [-0.05, 0) is 55.8 Å². The second kappa shape index (κ2) is 18.0. The van der Waals surface area contributed by atoms with Crippen LogP contribution in [0.1, 0.15) is 36.7 Å². The Bertz CT molecular complexity index is 2040. The maximum atomic E-state index is 14.1. The molecule has 0 aliphatic carbocycles. The lowest BCUT2D eigenvalue weighted by atomic mass is 10.0. The van der Waals surface area contributed by atoms with E-state index in [0.717, 1.165) is 23.2 Å². The summed E-state index contributed by atoms with van der Waals surface area (Å²) < 4.78 is 95.2. The average molecular weight is 718 g/mol. The molecular formula is C36H29F6NO8. The lowest BCUT2D eigenvalue weighted by molar-refractivity contribution is -0.139. The van der Waals surface area contributed by atoms with Gasteiger partial charge in [0, 0.05) is 18.3 Å². The third kappa shape index (κ3) is 9.97. The lowest BCUT2D eigenvalue weighted by Gasteiger charge is -2.09. The number of fused-ring (bicyclic) bond motifs is 1. The number of ether oxygens (including phenoxy) is 3. The number of ketones is 1. The molecule has 0 atom stereocenters. The summed E-state index contributed by atoms with van der Waals surface area (Å²) in [5.74, 6) is -13.1. The molecule has 4 aromatic carbocycles. The van der Waals surface area contributed by atoms with Gasteiger partial charge in [-0.25, -0.2) is 35.9 Å². The fraction of sp³-hybridized carbons (Fsp3) is 0.167. The molecule has 9 nitrogen and oxygen atoms in total. The number of nitrogens with zero attached hydrogens (tertiary/aromatic N) is 1. The molecule has 15 heteroatoms. The Labute approximate surface area is 286 Å². The minimum atomic E-state index is -1.55. The van der Waals surface area contributed by atoms with Crippen molar-refractivity contribution in [2.45, 2.75) is 20.8 Å². The number of aliphatic hydroxyl groups is 1. The highest BCUT2D eigenvalue weighted by Gasteiger charge is 2.27. The van der Waals surface area contributed by atoms with E-state index in [9.17, 15) is 50.9 Å². The molecule has 0 bridgehead atoms. The van der Waals surface area contributed by atoms with Gasteiger partial charge in [0.15, 0.2) is 23.3 Å². The van der Waals surface area contributed by atoms with Gasteiger partial charge in [0.25, 0.3) is 0 Å². The molecule has 0 amide bonds. The molecular weight excluding hydrogens is 688 g/mol. The lowest BCUT2D eigenvalue weighted by Crippen LogP contribution is -2.18. The van der Waals surface area contributed by atoms with Crippen LogP contribution in [0.4, 0.5) is 32.0 Å². The number of benzene rings is 4. The molecule has 0 radical (unpaired) electrons. The number of halogens is 6. The SMILES string of the molecule is CCO/C=C(\C(=O)OCC)C(=O)c1cc(F)cc(F)c1F.CCOC(=O)C(C=Nc1cc2ccccc2cc1O)=C(O)c1cc(F)cc(F)c1F. The Balaban J connectivity index is 0.000000295. The number of phenolic OH excluding ortho intramolecular Hbond substituents is 1. The Morgan fingerprint density at radius 2 is 1.25 bits per heavy atom. The van der Waals surface area contributed by atoms with E-state index in [0.29, 0.717) is 24.3 Å². The zero-order chi connectivity index (χ0) is 37.8. The number of aromatic hydroxyl groups is 1. The number of phenols is 1. The van der Waals surface area contributed by atoms with Gasteiger partial charge in [0.05, 0.1) is 30.9 Å². The Kier molecular flexibility index (Phi) is 13.9. The van der Waals surface area contributed by atoms with E-state index in [1.807, 2.05) is 0 Å².